The Kier molecular flexibility index (Phi) is 1.87. The van der Waals surface area contributed by atoms with Crippen molar-refractivity contribution in [2.45, 2.75) is 25.9 Å². The number of aromatic nitrogens is 3. The maximum atomic E-state index is 5.84. The standard InChI is InChI=1S/C11H13N3O/c1-7(8-2-3-8)15-11-9-4-5-12-10(9)13-6-14-11/h4-8H,2-3H2,1H3,(H,12,13,14). The topological polar surface area (TPSA) is 50.8 Å². The largest absolute Gasteiger partial charge is 0.474 e. The average Bonchev–Trinajstić information content (AvgIpc) is 2.97. The van der Waals surface area contributed by atoms with Crippen molar-refractivity contribution in [1.82, 2.24) is 15.0 Å². The molecule has 1 unspecified atom stereocenters. The molecule has 4 nitrogen and oxygen atoms in total. The summed E-state index contributed by atoms with van der Waals surface area (Å²) in [5.41, 5.74) is 0.836. The summed E-state index contributed by atoms with van der Waals surface area (Å²) in [4.78, 5) is 11.3. The first-order valence-electron chi connectivity index (χ1n) is 5.29. The SMILES string of the molecule is CC(Oc1ncnc2[nH]ccc12)C1CC1. The fourth-order valence-corrected chi connectivity index (χ4v) is 1.78. The van der Waals surface area contributed by atoms with Gasteiger partial charge in [0.2, 0.25) is 5.88 Å². The lowest BCUT2D eigenvalue weighted by Gasteiger charge is -2.12. The van der Waals surface area contributed by atoms with Crippen molar-refractivity contribution in [3.8, 4) is 5.88 Å². The number of ether oxygens (including phenoxy) is 1. The molecule has 2 aromatic rings. The molecule has 15 heavy (non-hydrogen) atoms. The van der Waals surface area contributed by atoms with Crippen molar-refractivity contribution >= 4 is 11.0 Å². The van der Waals surface area contributed by atoms with Gasteiger partial charge in [0.05, 0.1) is 5.39 Å². The first-order valence-corrected chi connectivity index (χ1v) is 5.29. The van der Waals surface area contributed by atoms with Crippen LogP contribution in [0.3, 0.4) is 0 Å². The Balaban J connectivity index is 1.92. The summed E-state index contributed by atoms with van der Waals surface area (Å²) < 4.78 is 5.84. The lowest BCUT2D eigenvalue weighted by Crippen LogP contribution is -2.14. The predicted octanol–water partition coefficient (Wildman–Crippen LogP) is 2.14. The highest BCUT2D eigenvalue weighted by molar-refractivity contribution is 5.80. The van der Waals surface area contributed by atoms with Crippen LogP contribution in [0.5, 0.6) is 5.88 Å². The van der Waals surface area contributed by atoms with Gasteiger partial charge in [-0.25, -0.2) is 9.97 Å². The van der Waals surface area contributed by atoms with Gasteiger partial charge in [0.15, 0.2) is 0 Å². The van der Waals surface area contributed by atoms with Gasteiger partial charge in [-0.05, 0) is 31.7 Å². The molecular weight excluding hydrogens is 190 g/mol. The maximum absolute atomic E-state index is 5.84. The molecule has 78 valence electrons. The van der Waals surface area contributed by atoms with Gasteiger partial charge in [0.1, 0.15) is 18.1 Å². The number of hydrogen-bond acceptors (Lipinski definition) is 3. The Morgan fingerprint density at radius 2 is 2.33 bits per heavy atom. The van der Waals surface area contributed by atoms with Crippen LogP contribution in [0, 0.1) is 5.92 Å². The van der Waals surface area contributed by atoms with E-state index in [-0.39, 0.29) is 6.10 Å². The second-order valence-electron chi connectivity index (χ2n) is 4.08. The Labute approximate surface area is 87.7 Å². The molecule has 0 aromatic carbocycles. The van der Waals surface area contributed by atoms with Gasteiger partial charge in [0, 0.05) is 6.20 Å². The van der Waals surface area contributed by atoms with Crippen LogP contribution in [0.1, 0.15) is 19.8 Å². The minimum Gasteiger partial charge on any atom is -0.474 e. The zero-order valence-electron chi connectivity index (χ0n) is 8.60. The molecule has 4 heteroatoms. The van der Waals surface area contributed by atoms with Crippen LogP contribution in [0.15, 0.2) is 18.6 Å². The highest BCUT2D eigenvalue weighted by Crippen LogP contribution is 2.35. The first-order chi connectivity index (χ1) is 7.34. The molecule has 2 heterocycles. The third-order valence-electron chi connectivity index (χ3n) is 2.90. The van der Waals surface area contributed by atoms with Crippen molar-refractivity contribution in [2.24, 2.45) is 5.92 Å². The molecule has 0 bridgehead atoms. The second-order valence-corrected chi connectivity index (χ2v) is 4.08. The molecule has 1 fully saturated rings. The van der Waals surface area contributed by atoms with E-state index in [1.807, 2.05) is 12.3 Å². The summed E-state index contributed by atoms with van der Waals surface area (Å²) in [6.45, 7) is 2.11. The van der Waals surface area contributed by atoms with E-state index in [4.69, 9.17) is 4.74 Å². The van der Waals surface area contributed by atoms with Crippen LogP contribution in [0.2, 0.25) is 0 Å². The number of nitrogens with zero attached hydrogens (tertiary/aromatic N) is 2. The zero-order chi connectivity index (χ0) is 10.3. The van der Waals surface area contributed by atoms with E-state index in [1.165, 1.54) is 19.2 Å². The Morgan fingerprint density at radius 3 is 3.13 bits per heavy atom. The van der Waals surface area contributed by atoms with Gasteiger partial charge in [-0.2, -0.15) is 0 Å². The smallest absolute Gasteiger partial charge is 0.226 e. The molecule has 0 radical (unpaired) electrons. The monoisotopic (exact) mass is 203 g/mol. The van der Waals surface area contributed by atoms with Gasteiger partial charge >= 0.3 is 0 Å². The molecule has 0 amide bonds. The van der Waals surface area contributed by atoms with Crippen molar-refractivity contribution < 1.29 is 4.74 Å². The van der Waals surface area contributed by atoms with Gasteiger partial charge in [-0.3, -0.25) is 0 Å². The Bertz CT molecular complexity index is 475. The molecule has 0 aliphatic heterocycles. The van der Waals surface area contributed by atoms with E-state index in [2.05, 4.69) is 21.9 Å². The lowest BCUT2D eigenvalue weighted by atomic mass is 10.3. The molecule has 1 saturated carbocycles. The van der Waals surface area contributed by atoms with E-state index >= 15 is 0 Å². The molecule has 3 rings (SSSR count). The van der Waals surface area contributed by atoms with Crippen LogP contribution in [-0.4, -0.2) is 21.1 Å². The van der Waals surface area contributed by atoms with Gasteiger partial charge in [0.25, 0.3) is 0 Å². The Hall–Kier alpha value is -1.58. The molecule has 0 spiro atoms. The average molecular weight is 203 g/mol. The second kappa shape index (κ2) is 3.22. The van der Waals surface area contributed by atoms with Crippen LogP contribution in [0.25, 0.3) is 11.0 Å². The first kappa shape index (κ1) is 8.71. The third kappa shape index (κ3) is 1.56. The fourth-order valence-electron chi connectivity index (χ4n) is 1.78. The Morgan fingerprint density at radius 1 is 1.47 bits per heavy atom. The summed E-state index contributed by atoms with van der Waals surface area (Å²) in [6.07, 6.45) is 6.21. The van der Waals surface area contributed by atoms with Crippen LogP contribution in [-0.2, 0) is 0 Å². The van der Waals surface area contributed by atoms with Gasteiger partial charge in [-0.15, -0.1) is 0 Å². The molecule has 1 aliphatic carbocycles. The summed E-state index contributed by atoms with van der Waals surface area (Å²) in [5, 5.41) is 0.963. The van der Waals surface area contributed by atoms with Crippen molar-refractivity contribution in [2.75, 3.05) is 0 Å². The molecule has 1 aliphatic rings. The van der Waals surface area contributed by atoms with Crippen molar-refractivity contribution in [3.05, 3.63) is 18.6 Å². The minimum absolute atomic E-state index is 0.262. The van der Waals surface area contributed by atoms with Crippen LogP contribution >= 0.6 is 0 Å². The fraction of sp³-hybridized carbons (Fsp3) is 0.455. The number of H-pyrrole nitrogens is 1. The highest BCUT2D eigenvalue weighted by Gasteiger charge is 2.30. The number of aromatic amines is 1. The quantitative estimate of drug-likeness (QED) is 0.831. The van der Waals surface area contributed by atoms with Crippen molar-refractivity contribution in [1.29, 1.82) is 0 Å². The number of fused-ring (bicyclic) bond motifs is 1. The van der Waals surface area contributed by atoms with Gasteiger partial charge in [-0.1, -0.05) is 0 Å². The number of hydrogen-bond donors (Lipinski definition) is 1. The number of nitrogens with one attached hydrogen (secondary N) is 1. The van der Waals surface area contributed by atoms with E-state index in [1.54, 1.807) is 0 Å². The van der Waals surface area contributed by atoms with Crippen LogP contribution < -0.4 is 4.74 Å². The molecule has 1 atom stereocenters. The summed E-state index contributed by atoms with van der Waals surface area (Å²) in [6, 6.07) is 1.95. The lowest BCUT2D eigenvalue weighted by molar-refractivity contribution is 0.192. The highest BCUT2D eigenvalue weighted by atomic mass is 16.5. The van der Waals surface area contributed by atoms with Gasteiger partial charge < -0.3 is 9.72 Å². The normalized spacial score (nSPS) is 17.9. The number of rotatable bonds is 3. The maximum Gasteiger partial charge on any atom is 0.226 e. The summed E-state index contributed by atoms with van der Waals surface area (Å²) in [7, 11) is 0. The van der Waals surface area contributed by atoms with Crippen molar-refractivity contribution in [3.63, 3.8) is 0 Å². The zero-order valence-corrected chi connectivity index (χ0v) is 8.60. The summed E-state index contributed by atoms with van der Waals surface area (Å²) >= 11 is 0. The third-order valence-corrected chi connectivity index (χ3v) is 2.90. The molecule has 1 N–H and O–H groups in total. The van der Waals surface area contributed by atoms with E-state index < -0.39 is 0 Å². The molecule has 2 aromatic heterocycles. The van der Waals surface area contributed by atoms with E-state index in [0.717, 1.165) is 11.0 Å². The predicted molar refractivity (Wildman–Crippen MR) is 56.7 cm³/mol. The van der Waals surface area contributed by atoms with E-state index in [9.17, 15) is 0 Å². The van der Waals surface area contributed by atoms with E-state index in [0.29, 0.717) is 11.8 Å². The minimum atomic E-state index is 0.262. The van der Waals surface area contributed by atoms with Crippen LogP contribution in [0.4, 0.5) is 0 Å². The molecule has 0 saturated heterocycles. The summed E-state index contributed by atoms with van der Waals surface area (Å²) in [5.74, 6) is 1.41. The molecular formula is C11H13N3O.